The van der Waals surface area contributed by atoms with Crippen LogP contribution < -0.4 is 10.7 Å². The van der Waals surface area contributed by atoms with Crippen LogP contribution in [0.5, 0.6) is 0 Å². The summed E-state index contributed by atoms with van der Waals surface area (Å²) >= 11 is 0. The molecule has 0 saturated carbocycles. The summed E-state index contributed by atoms with van der Waals surface area (Å²) in [7, 11) is 0. The van der Waals surface area contributed by atoms with Gasteiger partial charge in [0.1, 0.15) is 11.3 Å². The molecule has 0 unspecified atom stereocenters. The van der Waals surface area contributed by atoms with Gasteiger partial charge in [-0.25, -0.2) is 0 Å². The summed E-state index contributed by atoms with van der Waals surface area (Å²) in [5, 5.41) is 3.97. The van der Waals surface area contributed by atoms with Gasteiger partial charge in [-0.05, 0) is 44.5 Å². The van der Waals surface area contributed by atoms with E-state index in [1.54, 1.807) is 13.0 Å². The smallest absolute Gasteiger partial charge is 0.196 e. The lowest BCUT2D eigenvalue weighted by atomic mass is 9.98. The second-order valence-electron chi connectivity index (χ2n) is 7.55. The van der Waals surface area contributed by atoms with Crippen LogP contribution in [0, 0.1) is 13.8 Å². The zero-order valence-electron chi connectivity index (χ0n) is 17.2. The number of nitrogens with one attached hydrogen (secondary N) is 1. The van der Waals surface area contributed by atoms with Crippen LogP contribution in [0.3, 0.4) is 0 Å². The molecule has 0 fully saturated rings. The van der Waals surface area contributed by atoms with Crippen LogP contribution in [0.25, 0.3) is 22.3 Å². The highest BCUT2D eigenvalue weighted by Gasteiger charge is 2.19. The Kier molecular flexibility index (Phi) is 5.23. The van der Waals surface area contributed by atoms with Crippen molar-refractivity contribution in [3.8, 4) is 11.3 Å². The monoisotopic (exact) mass is 397 g/mol. The predicted octanol–water partition coefficient (Wildman–Crippen LogP) is 6.06. The molecule has 150 valence electrons. The van der Waals surface area contributed by atoms with E-state index in [2.05, 4.69) is 5.32 Å². The zero-order chi connectivity index (χ0) is 21.3. The number of hydrogen-bond acceptors (Lipinski definition) is 4. The summed E-state index contributed by atoms with van der Waals surface area (Å²) < 4.78 is 6.35. The lowest BCUT2D eigenvalue weighted by Crippen LogP contribution is -2.13. The molecule has 1 atom stereocenters. The van der Waals surface area contributed by atoms with Gasteiger partial charge < -0.3 is 9.73 Å². The molecule has 4 nitrogen and oxygen atoms in total. The Balaban J connectivity index is 1.90. The SMILES string of the molecule is Cc1cc([C@@H](C)Nc2ccccc2C=O)c2oc(-c3ccccc3)c(C)c(=O)c2c1. The topological polar surface area (TPSA) is 59.3 Å². The maximum Gasteiger partial charge on any atom is 0.196 e. The van der Waals surface area contributed by atoms with Gasteiger partial charge in [-0.3, -0.25) is 9.59 Å². The number of carbonyl (C=O) groups is 1. The summed E-state index contributed by atoms with van der Waals surface area (Å²) in [6, 6.07) is 20.7. The van der Waals surface area contributed by atoms with E-state index < -0.39 is 0 Å². The first-order valence-electron chi connectivity index (χ1n) is 9.93. The molecule has 4 rings (SSSR count). The van der Waals surface area contributed by atoms with Gasteiger partial charge in [-0.2, -0.15) is 0 Å². The van der Waals surface area contributed by atoms with Gasteiger partial charge in [0.25, 0.3) is 0 Å². The molecule has 1 heterocycles. The van der Waals surface area contributed by atoms with Crippen LogP contribution in [-0.4, -0.2) is 6.29 Å². The minimum Gasteiger partial charge on any atom is -0.455 e. The quantitative estimate of drug-likeness (QED) is 0.416. The molecule has 0 aliphatic rings. The molecule has 4 heteroatoms. The molecule has 0 aliphatic carbocycles. The number of fused-ring (bicyclic) bond motifs is 1. The highest BCUT2D eigenvalue weighted by molar-refractivity contribution is 5.86. The highest BCUT2D eigenvalue weighted by atomic mass is 16.3. The van der Waals surface area contributed by atoms with Crippen molar-refractivity contribution in [3.05, 3.63) is 99.2 Å². The number of aryl methyl sites for hydroxylation is 1. The highest BCUT2D eigenvalue weighted by Crippen LogP contribution is 2.32. The molecule has 0 saturated heterocycles. The standard InChI is InChI=1S/C26H23NO3/c1-16-13-21(18(3)27-23-12-8-7-11-20(23)15-28)26-22(14-16)24(29)17(2)25(30-26)19-9-5-4-6-10-19/h4-15,18,27H,1-3H3/t18-/m1/s1. The normalized spacial score (nSPS) is 12.0. The van der Waals surface area contributed by atoms with Gasteiger partial charge in [0, 0.05) is 27.9 Å². The van der Waals surface area contributed by atoms with Crippen LogP contribution in [0.2, 0.25) is 0 Å². The summed E-state index contributed by atoms with van der Waals surface area (Å²) in [6.07, 6.45) is 0.834. The minimum absolute atomic E-state index is 0.0273. The van der Waals surface area contributed by atoms with E-state index in [0.717, 1.165) is 28.7 Å². The van der Waals surface area contributed by atoms with Crippen molar-refractivity contribution in [2.24, 2.45) is 0 Å². The van der Waals surface area contributed by atoms with Crippen molar-refractivity contribution in [1.82, 2.24) is 0 Å². The molecule has 1 N–H and O–H groups in total. The molecule has 0 aliphatic heterocycles. The fraction of sp³-hybridized carbons (Fsp3) is 0.154. The van der Waals surface area contributed by atoms with E-state index in [1.807, 2.05) is 74.5 Å². The minimum atomic E-state index is -0.178. The maximum atomic E-state index is 13.2. The lowest BCUT2D eigenvalue weighted by molar-refractivity contribution is 0.112. The second kappa shape index (κ2) is 7.99. The van der Waals surface area contributed by atoms with Gasteiger partial charge >= 0.3 is 0 Å². The third-order valence-corrected chi connectivity index (χ3v) is 5.35. The second-order valence-corrected chi connectivity index (χ2v) is 7.55. The Bertz CT molecular complexity index is 1290. The van der Waals surface area contributed by atoms with Crippen molar-refractivity contribution in [2.45, 2.75) is 26.8 Å². The van der Waals surface area contributed by atoms with Crippen LogP contribution in [0.4, 0.5) is 5.69 Å². The fourth-order valence-corrected chi connectivity index (χ4v) is 3.80. The summed E-state index contributed by atoms with van der Waals surface area (Å²) in [4.78, 5) is 24.6. The fourth-order valence-electron chi connectivity index (χ4n) is 3.80. The molecular weight excluding hydrogens is 374 g/mol. The van der Waals surface area contributed by atoms with Gasteiger partial charge in [0.15, 0.2) is 11.7 Å². The third kappa shape index (κ3) is 3.52. The largest absolute Gasteiger partial charge is 0.455 e. The number of para-hydroxylation sites is 1. The first kappa shape index (κ1) is 19.6. The van der Waals surface area contributed by atoms with E-state index in [4.69, 9.17) is 4.42 Å². The molecule has 1 aromatic heterocycles. The average molecular weight is 397 g/mol. The molecular formula is C26H23NO3. The van der Waals surface area contributed by atoms with E-state index in [1.165, 1.54) is 0 Å². The van der Waals surface area contributed by atoms with Gasteiger partial charge in [0.2, 0.25) is 0 Å². The van der Waals surface area contributed by atoms with Crippen LogP contribution in [-0.2, 0) is 0 Å². The van der Waals surface area contributed by atoms with Crippen molar-refractivity contribution >= 4 is 22.9 Å². The van der Waals surface area contributed by atoms with Gasteiger partial charge in [-0.15, -0.1) is 0 Å². The number of rotatable bonds is 5. The first-order chi connectivity index (χ1) is 14.5. The summed E-state index contributed by atoms with van der Waals surface area (Å²) in [5.74, 6) is 0.582. The lowest BCUT2D eigenvalue weighted by Gasteiger charge is -2.19. The average Bonchev–Trinajstić information content (AvgIpc) is 2.77. The Labute approximate surface area is 175 Å². The van der Waals surface area contributed by atoms with Gasteiger partial charge in [-0.1, -0.05) is 48.5 Å². The Morgan fingerprint density at radius 2 is 1.67 bits per heavy atom. The van der Waals surface area contributed by atoms with Crippen LogP contribution in [0.1, 0.15) is 40.0 Å². The molecule has 30 heavy (non-hydrogen) atoms. The Morgan fingerprint density at radius 1 is 0.967 bits per heavy atom. The van der Waals surface area contributed by atoms with E-state index in [-0.39, 0.29) is 11.5 Å². The predicted molar refractivity (Wildman–Crippen MR) is 121 cm³/mol. The van der Waals surface area contributed by atoms with Crippen molar-refractivity contribution in [1.29, 1.82) is 0 Å². The maximum absolute atomic E-state index is 13.2. The molecule has 0 bridgehead atoms. The molecule has 0 amide bonds. The van der Waals surface area contributed by atoms with Gasteiger partial charge in [0.05, 0.1) is 11.4 Å². The summed E-state index contributed by atoms with van der Waals surface area (Å²) in [5.41, 5.74) is 5.19. The number of hydrogen-bond donors (Lipinski definition) is 1. The van der Waals surface area contributed by atoms with E-state index in [9.17, 15) is 9.59 Å². The third-order valence-electron chi connectivity index (χ3n) is 5.35. The molecule has 3 aromatic carbocycles. The van der Waals surface area contributed by atoms with Crippen molar-refractivity contribution < 1.29 is 9.21 Å². The van der Waals surface area contributed by atoms with Crippen LogP contribution in [0.15, 0.2) is 75.9 Å². The Hall–Kier alpha value is -3.66. The summed E-state index contributed by atoms with van der Waals surface area (Å²) in [6.45, 7) is 5.77. The van der Waals surface area contributed by atoms with Crippen molar-refractivity contribution in [2.75, 3.05) is 5.32 Å². The molecule has 0 radical (unpaired) electrons. The zero-order valence-corrected chi connectivity index (χ0v) is 17.2. The molecule has 4 aromatic rings. The number of anilines is 1. The van der Waals surface area contributed by atoms with Crippen molar-refractivity contribution in [3.63, 3.8) is 0 Å². The van der Waals surface area contributed by atoms with Crippen LogP contribution >= 0.6 is 0 Å². The van der Waals surface area contributed by atoms with E-state index in [0.29, 0.717) is 27.9 Å². The number of aldehydes is 1. The Morgan fingerprint density at radius 3 is 2.40 bits per heavy atom. The number of benzene rings is 3. The van der Waals surface area contributed by atoms with E-state index >= 15 is 0 Å². The molecule has 0 spiro atoms. The first-order valence-corrected chi connectivity index (χ1v) is 9.93. The number of carbonyl (C=O) groups excluding carboxylic acids is 1.